The van der Waals surface area contributed by atoms with E-state index in [1.165, 1.54) is 0 Å². The summed E-state index contributed by atoms with van der Waals surface area (Å²) in [5.74, 6) is 0.0507. The number of nitrogens with two attached hydrogens (primary N) is 1. The molecule has 0 radical (unpaired) electrons. The molecular formula is C10H15BrN2O2S. The summed E-state index contributed by atoms with van der Waals surface area (Å²) in [6.07, 6.45) is 0.461. The molecule has 0 atom stereocenters. The van der Waals surface area contributed by atoms with E-state index in [1.54, 1.807) is 12.1 Å². The molecule has 0 saturated carbocycles. The third-order valence-electron chi connectivity index (χ3n) is 1.93. The van der Waals surface area contributed by atoms with E-state index in [4.69, 9.17) is 5.73 Å². The molecule has 0 saturated heterocycles. The van der Waals surface area contributed by atoms with Crippen molar-refractivity contribution >= 4 is 31.6 Å². The summed E-state index contributed by atoms with van der Waals surface area (Å²) in [6, 6.07) is 5.43. The highest BCUT2D eigenvalue weighted by molar-refractivity contribution is 9.10. The summed E-state index contributed by atoms with van der Waals surface area (Å²) < 4.78 is 26.6. The molecule has 90 valence electrons. The predicted molar refractivity (Wildman–Crippen MR) is 70.0 cm³/mol. The Balaban J connectivity index is 2.80. The van der Waals surface area contributed by atoms with Crippen molar-refractivity contribution in [2.75, 3.05) is 17.0 Å². The maximum Gasteiger partial charge on any atom is 0.232 e. The standard InChI is InChI=1S/C10H15BrN2O2S/c1-8-5-9(11)7-10(6-8)13-16(14,15)4-2-3-12/h5-7,13H,2-4,12H2,1H3. The molecule has 0 bridgehead atoms. The Kier molecular flexibility index (Phi) is 4.76. The van der Waals surface area contributed by atoms with Gasteiger partial charge in [0, 0.05) is 10.2 Å². The number of anilines is 1. The maximum absolute atomic E-state index is 11.6. The first-order chi connectivity index (χ1) is 7.43. The smallest absolute Gasteiger partial charge is 0.232 e. The number of hydrogen-bond acceptors (Lipinski definition) is 3. The number of benzene rings is 1. The molecule has 4 nitrogen and oxygen atoms in total. The first-order valence-corrected chi connectivity index (χ1v) is 7.35. The molecule has 0 heterocycles. The molecule has 1 rings (SSSR count). The fourth-order valence-corrected chi connectivity index (χ4v) is 3.03. The SMILES string of the molecule is Cc1cc(Br)cc(NS(=O)(=O)CCCN)c1. The number of sulfonamides is 1. The Morgan fingerprint density at radius 1 is 1.38 bits per heavy atom. The molecule has 0 aliphatic heterocycles. The second kappa shape index (κ2) is 5.65. The average Bonchev–Trinajstić information content (AvgIpc) is 2.12. The predicted octanol–water partition coefficient (Wildman–Crippen LogP) is 1.85. The monoisotopic (exact) mass is 306 g/mol. The molecule has 3 N–H and O–H groups in total. The second-order valence-electron chi connectivity index (χ2n) is 3.58. The summed E-state index contributed by atoms with van der Waals surface area (Å²) in [7, 11) is -3.28. The molecule has 1 aromatic carbocycles. The lowest BCUT2D eigenvalue weighted by Gasteiger charge is -2.08. The van der Waals surface area contributed by atoms with Crippen molar-refractivity contribution in [3.05, 3.63) is 28.2 Å². The van der Waals surface area contributed by atoms with Gasteiger partial charge in [-0.3, -0.25) is 4.72 Å². The van der Waals surface area contributed by atoms with Crippen LogP contribution in [0, 0.1) is 6.92 Å². The van der Waals surface area contributed by atoms with Crippen LogP contribution in [0.25, 0.3) is 0 Å². The van der Waals surface area contributed by atoms with Crippen LogP contribution in [0.15, 0.2) is 22.7 Å². The molecule has 0 aliphatic carbocycles. The van der Waals surface area contributed by atoms with Crippen LogP contribution in [0.4, 0.5) is 5.69 Å². The normalized spacial score (nSPS) is 11.4. The van der Waals surface area contributed by atoms with Gasteiger partial charge in [-0.2, -0.15) is 0 Å². The van der Waals surface area contributed by atoms with Gasteiger partial charge in [-0.1, -0.05) is 15.9 Å². The Labute approximate surface area is 104 Å². The van der Waals surface area contributed by atoms with Gasteiger partial charge >= 0.3 is 0 Å². The molecule has 0 amide bonds. The fraction of sp³-hybridized carbons (Fsp3) is 0.400. The third kappa shape index (κ3) is 4.51. The lowest BCUT2D eigenvalue weighted by molar-refractivity contribution is 0.599. The van der Waals surface area contributed by atoms with E-state index >= 15 is 0 Å². The molecule has 0 spiro atoms. The number of nitrogens with one attached hydrogen (secondary N) is 1. The Bertz CT molecular complexity index is 440. The Hall–Kier alpha value is -0.590. The highest BCUT2D eigenvalue weighted by atomic mass is 79.9. The summed E-state index contributed by atoms with van der Waals surface area (Å²) >= 11 is 3.32. The molecule has 16 heavy (non-hydrogen) atoms. The summed E-state index contributed by atoms with van der Waals surface area (Å²) in [4.78, 5) is 0. The van der Waals surface area contributed by atoms with Crippen molar-refractivity contribution < 1.29 is 8.42 Å². The van der Waals surface area contributed by atoms with Crippen molar-refractivity contribution in [3.63, 3.8) is 0 Å². The number of halogens is 1. The molecular weight excluding hydrogens is 292 g/mol. The van der Waals surface area contributed by atoms with E-state index in [1.807, 2.05) is 13.0 Å². The van der Waals surface area contributed by atoms with E-state index in [-0.39, 0.29) is 5.75 Å². The molecule has 0 aromatic heterocycles. The zero-order valence-corrected chi connectivity index (χ0v) is 11.4. The topological polar surface area (TPSA) is 72.2 Å². The van der Waals surface area contributed by atoms with Gasteiger partial charge in [0.2, 0.25) is 10.0 Å². The van der Waals surface area contributed by atoms with Crippen molar-refractivity contribution in [2.24, 2.45) is 5.73 Å². The minimum absolute atomic E-state index is 0.0507. The molecule has 0 fully saturated rings. The van der Waals surface area contributed by atoms with Gasteiger partial charge in [0.1, 0.15) is 0 Å². The Morgan fingerprint density at radius 3 is 2.62 bits per heavy atom. The van der Waals surface area contributed by atoms with E-state index in [0.29, 0.717) is 18.7 Å². The maximum atomic E-state index is 11.6. The highest BCUT2D eigenvalue weighted by Gasteiger charge is 2.09. The van der Waals surface area contributed by atoms with Crippen LogP contribution < -0.4 is 10.5 Å². The lowest BCUT2D eigenvalue weighted by atomic mass is 10.2. The van der Waals surface area contributed by atoms with Gasteiger partial charge in [-0.05, 0) is 43.7 Å². The van der Waals surface area contributed by atoms with Crippen LogP contribution in [-0.2, 0) is 10.0 Å². The first kappa shape index (κ1) is 13.5. The van der Waals surface area contributed by atoms with Crippen LogP contribution in [0.5, 0.6) is 0 Å². The van der Waals surface area contributed by atoms with Gasteiger partial charge < -0.3 is 5.73 Å². The van der Waals surface area contributed by atoms with Gasteiger partial charge in [0.25, 0.3) is 0 Å². The summed E-state index contributed by atoms with van der Waals surface area (Å²) in [5.41, 5.74) is 6.84. The van der Waals surface area contributed by atoms with Crippen LogP contribution in [0.1, 0.15) is 12.0 Å². The summed E-state index contributed by atoms with van der Waals surface area (Å²) in [6.45, 7) is 2.28. The van der Waals surface area contributed by atoms with Crippen molar-refractivity contribution in [3.8, 4) is 0 Å². The molecule has 0 unspecified atom stereocenters. The van der Waals surface area contributed by atoms with Crippen LogP contribution in [-0.4, -0.2) is 20.7 Å². The van der Waals surface area contributed by atoms with Crippen LogP contribution >= 0.6 is 15.9 Å². The third-order valence-corrected chi connectivity index (χ3v) is 3.76. The molecule has 6 heteroatoms. The van der Waals surface area contributed by atoms with Gasteiger partial charge in [-0.25, -0.2) is 8.42 Å². The zero-order valence-electron chi connectivity index (χ0n) is 9.03. The van der Waals surface area contributed by atoms with Gasteiger partial charge in [0.15, 0.2) is 0 Å². The number of hydrogen-bond donors (Lipinski definition) is 2. The van der Waals surface area contributed by atoms with Crippen molar-refractivity contribution in [1.29, 1.82) is 0 Å². The van der Waals surface area contributed by atoms with E-state index < -0.39 is 10.0 Å². The minimum atomic E-state index is -3.28. The van der Waals surface area contributed by atoms with Crippen LogP contribution in [0.3, 0.4) is 0 Å². The number of aryl methyl sites for hydroxylation is 1. The molecule has 0 aliphatic rings. The van der Waals surface area contributed by atoms with E-state index in [9.17, 15) is 8.42 Å². The Morgan fingerprint density at radius 2 is 2.06 bits per heavy atom. The lowest BCUT2D eigenvalue weighted by Crippen LogP contribution is -2.19. The van der Waals surface area contributed by atoms with Gasteiger partial charge in [-0.15, -0.1) is 0 Å². The van der Waals surface area contributed by atoms with Crippen molar-refractivity contribution in [2.45, 2.75) is 13.3 Å². The highest BCUT2D eigenvalue weighted by Crippen LogP contribution is 2.20. The largest absolute Gasteiger partial charge is 0.330 e. The molecule has 1 aromatic rings. The number of rotatable bonds is 5. The first-order valence-electron chi connectivity index (χ1n) is 4.91. The van der Waals surface area contributed by atoms with E-state index in [2.05, 4.69) is 20.7 Å². The van der Waals surface area contributed by atoms with E-state index in [0.717, 1.165) is 10.0 Å². The van der Waals surface area contributed by atoms with Gasteiger partial charge in [0.05, 0.1) is 5.75 Å². The summed E-state index contributed by atoms with van der Waals surface area (Å²) in [5, 5.41) is 0. The zero-order chi connectivity index (χ0) is 12.2. The van der Waals surface area contributed by atoms with Crippen molar-refractivity contribution in [1.82, 2.24) is 0 Å². The minimum Gasteiger partial charge on any atom is -0.330 e. The second-order valence-corrected chi connectivity index (χ2v) is 6.34. The quantitative estimate of drug-likeness (QED) is 0.872. The van der Waals surface area contributed by atoms with Crippen LogP contribution in [0.2, 0.25) is 0 Å². The average molecular weight is 307 g/mol. The fourth-order valence-electron chi connectivity index (χ4n) is 1.30.